The first-order chi connectivity index (χ1) is 11.1. The quantitative estimate of drug-likeness (QED) is 0.915. The van der Waals surface area contributed by atoms with Crippen molar-refractivity contribution in [1.82, 2.24) is 0 Å². The fraction of sp³-hybridized carbons (Fsp3) is 0.350. The molecule has 1 aliphatic rings. The van der Waals surface area contributed by atoms with Crippen LogP contribution in [0.15, 0.2) is 42.5 Å². The first kappa shape index (κ1) is 15.6. The molecule has 1 N–H and O–H groups in total. The number of fused-ring (bicyclic) bond motifs is 1. The van der Waals surface area contributed by atoms with Crippen LogP contribution in [0.2, 0.25) is 0 Å². The molecule has 1 aliphatic carbocycles. The van der Waals surface area contributed by atoms with E-state index in [0.717, 1.165) is 29.8 Å². The number of benzene rings is 2. The molecule has 3 nitrogen and oxygen atoms in total. The number of rotatable bonds is 4. The van der Waals surface area contributed by atoms with Crippen molar-refractivity contribution in [2.75, 3.05) is 5.32 Å². The minimum atomic E-state index is -0.525. The Labute approximate surface area is 137 Å². The highest BCUT2D eigenvalue weighted by molar-refractivity contribution is 5.94. The largest absolute Gasteiger partial charge is 0.481 e. The van der Waals surface area contributed by atoms with Crippen LogP contribution in [0.3, 0.4) is 0 Å². The van der Waals surface area contributed by atoms with Crippen molar-refractivity contribution in [2.45, 2.75) is 45.6 Å². The summed E-state index contributed by atoms with van der Waals surface area (Å²) in [5, 5.41) is 2.95. The number of hydrogen-bond acceptors (Lipinski definition) is 2. The van der Waals surface area contributed by atoms with Crippen molar-refractivity contribution in [3.05, 3.63) is 59.2 Å². The molecule has 0 aliphatic heterocycles. The molecule has 0 saturated heterocycles. The van der Waals surface area contributed by atoms with Crippen LogP contribution in [0.5, 0.6) is 5.75 Å². The number of anilines is 1. The number of para-hydroxylation sites is 1. The van der Waals surface area contributed by atoms with Crippen LogP contribution in [0, 0.1) is 6.92 Å². The van der Waals surface area contributed by atoms with Gasteiger partial charge in [0.15, 0.2) is 6.10 Å². The molecule has 1 amide bonds. The van der Waals surface area contributed by atoms with E-state index in [0.29, 0.717) is 0 Å². The smallest absolute Gasteiger partial charge is 0.265 e. The van der Waals surface area contributed by atoms with Gasteiger partial charge < -0.3 is 10.1 Å². The molecule has 0 spiro atoms. The molecule has 3 rings (SSSR count). The molecule has 3 heteroatoms. The van der Waals surface area contributed by atoms with Crippen molar-refractivity contribution in [3.8, 4) is 5.75 Å². The van der Waals surface area contributed by atoms with E-state index in [1.807, 2.05) is 43.3 Å². The van der Waals surface area contributed by atoms with Gasteiger partial charge in [0.25, 0.3) is 5.91 Å². The molecule has 2 aromatic rings. The monoisotopic (exact) mass is 309 g/mol. The topological polar surface area (TPSA) is 38.3 Å². The van der Waals surface area contributed by atoms with E-state index >= 15 is 0 Å². The predicted octanol–water partition coefficient (Wildman–Crippen LogP) is 4.28. The second kappa shape index (κ2) is 6.86. The zero-order valence-corrected chi connectivity index (χ0v) is 13.8. The minimum absolute atomic E-state index is 0.118. The molecule has 0 fully saturated rings. The average molecular weight is 309 g/mol. The van der Waals surface area contributed by atoms with Crippen molar-refractivity contribution >= 4 is 11.6 Å². The maximum Gasteiger partial charge on any atom is 0.265 e. The highest BCUT2D eigenvalue weighted by atomic mass is 16.5. The van der Waals surface area contributed by atoms with Crippen LogP contribution in [0.1, 0.15) is 36.5 Å². The standard InChI is InChI=1S/C20H23NO2/c1-14-8-3-6-12-18(14)21-20(22)15(2)23-19-13-7-10-16-9-4-5-11-17(16)19/h3,6-8,10,12-13,15H,4-5,9,11H2,1-2H3,(H,21,22). The summed E-state index contributed by atoms with van der Waals surface area (Å²) in [4.78, 5) is 12.4. The Balaban J connectivity index is 1.71. The van der Waals surface area contributed by atoms with Crippen molar-refractivity contribution < 1.29 is 9.53 Å². The van der Waals surface area contributed by atoms with E-state index in [2.05, 4.69) is 11.4 Å². The molecule has 2 aromatic carbocycles. The Morgan fingerprint density at radius 1 is 1.09 bits per heavy atom. The van der Waals surface area contributed by atoms with E-state index in [1.165, 1.54) is 24.0 Å². The lowest BCUT2D eigenvalue weighted by atomic mass is 9.91. The van der Waals surface area contributed by atoms with E-state index in [9.17, 15) is 4.79 Å². The number of nitrogens with one attached hydrogen (secondary N) is 1. The molecular formula is C20H23NO2. The van der Waals surface area contributed by atoms with Gasteiger partial charge in [-0.05, 0) is 68.4 Å². The Morgan fingerprint density at radius 2 is 1.87 bits per heavy atom. The number of hydrogen-bond donors (Lipinski definition) is 1. The SMILES string of the molecule is Cc1ccccc1NC(=O)C(C)Oc1cccc2c1CCCC2. The third-order valence-corrected chi connectivity index (χ3v) is 4.43. The van der Waals surface area contributed by atoms with Gasteiger partial charge in [-0.15, -0.1) is 0 Å². The van der Waals surface area contributed by atoms with Gasteiger partial charge in [0.05, 0.1) is 0 Å². The zero-order valence-electron chi connectivity index (χ0n) is 13.8. The first-order valence-corrected chi connectivity index (χ1v) is 8.29. The molecule has 0 bridgehead atoms. The molecule has 0 heterocycles. The van der Waals surface area contributed by atoms with Gasteiger partial charge in [-0.1, -0.05) is 30.3 Å². The normalized spacial score (nSPS) is 14.7. The first-order valence-electron chi connectivity index (χ1n) is 8.29. The summed E-state index contributed by atoms with van der Waals surface area (Å²) in [5.74, 6) is 0.738. The minimum Gasteiger partial charge on any atom is -0.481 e. The maximum atomic E-state index is 12.4. The summed E-state index contributed by atoms with van der Waals surface area (Å²) >= 11 is 0. The number of amides is 1. The van der Waals surface area contributed by atoms with Crippen LogP contribution in [-0.2, 0) is 17.6 Å². The van der Waals surface area contributed by atoms with Crippen molar-refractivity contribution in [2.24, 2.45) is 0 Å². The van der Waals surface area contributed by atoms with Crippen molar-refractivity contribution in [3.63, 3.8) is 0 Å². The lowest BCUT2D eigenvalue weighted by Gasteiger charge is -2.22. The average Bonchev–Trinajstić information content (AvgIpc) is 2.57. The number of carbonyl (C=O) groups excluding carboxylic acids is 1. The molecule has 120 valence electrons. The van der Waals surface area contributed by atoms with Gasteiger partial charge in [-0.3, -0.25) is 4.79 Å². The van der Waals surface area contributed by atoms with Crippen LogP contribution in [0.4, 0.5) is 5.69 Å². The summed E-state index contributed by atoms with van der Waals surface area (Å²) < 4.78 is 5.97. The Bertz CT molecular complexity index is 709. The van der Waals surface area contributed by atoms with Crippen LogP contribution >= 0.6 is 0 Å². The summed E-state index contributed by atoms with van der Waals surface area (Å²) in [6.45, 7) is 3.78. The van der Waals surface area contributed by atoms with E-state index in [1.54, 1.807) is 6.92 Å². The van der Waals surface area contributed by atoms with Gasteiger partial charge in [0, 0.05) is 5.69 Å². The maximum absolute atomic E-state index is 12.4. The number of ether oxygens (including phenoxy) is 1. The number of aryl methyl sites for hydroxylation is 2. The van der Waals surface area contributed by atoms with Gasteiger partial charge in [0.1, 0.15) is 5.75 Å². The summed E-state index contributed by atoms with van der Waals surface area (Å²) in [6, 6.07) is 13.9. The van der Waals surface area contributed by atoms with E-state index in [-0.39, 0.29) is 5.91 Å². The fourth-order valence-electron chi connectivity index (χ4n) is 3.05. The molecule has 1 unspecified atom stereocenters. The fourth-order valence-corrected chi connectivity index (χ4v) is 3.05. The highest BCUT2D eigenvalue weighted by Crippen LogP contribution is 2.30. The zero-order chi connectivity index (χ0) is 16.2. The molecule has 0 aromatic heterocycles. The summed E-state index contributed by atoms with van der Waals surface area (Å²) in [7, 11) is 0. The Hall–Kier alpha value is -2.29. The third kappa shape index (κ3) is 3.55. The molecular weight excluding hydrogens is 286 g/mol. The summed E-state index contributed by atoms with van der Waals surface area (Å²) in [6.07, 6.45) is 4.05. The van der Waals surface area contributed by atoms with E-state index in [4.69, 9.17) is 4.74 Å². The molecule has 0 saturated carbocycles. The molecule has 1 atom stereocenters. The summed E-state index contributed by atoms with van der Waals surface area (Å²) in [5.41, 5.74) is 4.52. The predicted molar refractivity (Wildman–Crippen MR) is 93.0 cm³/mol. The Kier molecular flexibility index (Phi) is 4.65. The van der Waals surface area contributed by atoms with Crippen LogP contribution < -0.4 is 10.1 Å². The van der Waals surface area contributed by atoms with Crippen molar-refractivity contribution in [1.29, 1.82) is 0 Å². The lowest BCUT2D eigenvalue weighted by Crippen LogP contribution is -2.30. The highest BCUT2D eigenvalue weighted by Gasteiger charge is 2.19. The molecule has 0 radical (unpaired) electrons. The van der Waals surface area contributed by atoms with Crippen LogP contribution in [-0.4, -0.2) is 12.0 Å². The lowest BCUT2D eigenvalue weighted by molar-refractivity contribution is -0.122. The third-order valence-electron chi connectivity index (χ3n) is 4.43. The van der Waals surface area contributed by atoms with Gasteiger partial charge in [-0.25, -0.2) is 0 Å². The Morgan fingerprint density at radius 3 is 2.70 bits per heavy atom. The van der Waals surface area contributed by atoms with Gasteiger partial charge in [0.2, 0.25) is 0 Å². The van der Waals surface area contributed by atoms with Crippen LogP contribution in [0.25, 0.3) is 0 Å². The number of carbonyl (C=O) groups is 1. The van der Waals surface area contributed by atoms with Gasteiger partial charge >= 0.3 is 0 Å². The second-order valence-electron chi connectivity index (χ2n) is 6.17. The van der Waals surface area contributed by atoms with E-state index < -0.39 is 6.10 Å². The van der Waals surface area contributed by atoms with Gasteiger partial charge in [-0.2, -0.15) is 0 Å². The second-order valence-corrected chi connectivity index (χ2v) is 6.17. The molecule has 23 heavy (non-hydrogen) atoms.